The van der Waals surface area contributed by atoms with Gasteiger partial charge >= 0.3 is 0 Å². The zero-order valence-corrected chi connectivity index (χ0v) is 10.0. The van der Waals surface area contributed by atoms with Gasteiger partial charge in [-0.25, -0.2) is 0 Å². The van der Waals surface area contributed by atoms with E-state index in [2.05, 4.69) is 11.2 Å². The smallest absolute Gasteiger partial charge is 0.0866 e. The summed E-state index contributed by atoms with van der Waals surface area (Å²) in [5, 5.41) is 13.6. The summed E-state index contributed by atoms with van der Waals surface area (Å²) < 4.78 is 1.88. The third-order valence-corrected chi connectivity index (χ3v) is 2.70. The Labute approximate surface area is 95.0 Å². The Morgan fingerprint density at radius 1 is 1.60 bits per heavy atom. The zero-order chi connectivity index (χ0) is 11.4. The third kappa shape index (κ3) is 2.71. The summed E-state index contributed by atoms with van der Waals surface area (Å²) in [5.41, 5.74) is 1.83. The highest BCUT2D eigenvalue weighted by atomic mass is 35.5. The van der Waals surface area contributed by atoms with Gasteiger partial charge in [0.1, 0.15) is 0 Å². The van der Waals surface area contributed by atoms with E-state index in [9.17, 15) is 0 Å². The van der Waals surface area contributed by atoms with Crippen molar-refractivity contribution >= 4 is 11.6 Å². The molecule has 1 heterocycles. The lowest BCUT2D eigenvalue weighted by Crippen LogP contribution is -2.20. The Balaban J connectivity index is 2.88. The highest BCUT2D eigenvalue weighted by Gasteiger charge is 2.13. The lowest BCUT2D eigenvalue weighted by Gasteiger charge is -2.13. The average molecular weight is 227 g/mol. The first kappa shape index (κ1) is 12.0. The zero-order valence-electron chi connectivity index (χ0n) is 9.29. The number of hydrogen-bond acceptors (Lipinski definition) is 3. The summed E-state index contributed by atoms with van der Waals surface area (Å²) in [6.45, 7) is 5.76. The molecule has 0 saturated heterocycles. The molecular weight excluding hydrogens is 212 g/mol. The fraction of sp³-hybridized carbons (Fsp3) is 0.600. The second kappa shape index (κ2) is 5.15. The van der Waals surface area contributed by atoms with Crippen molar-refractivity contribution in [3.63, 3.8) is 0 Å². The summed E-state index contributed by atoms with van der Waals surface area (Å²) in [6, 6.07) is 2.10. The van der Waals surface area contributed by atoms with Crippen LogP contribution in [0.5, 0.6) is 0 Å². The Bertz CT molecular complexity index is 378. The molecule has 0 N–H and O–H groups in total. The molecule has 0 aromatic carbocycles. The van der Waals surface area contributed by atoms with Crippen LogP contribution in [0.2, 0.25) is 5.02 Å². The van der Waals surface area contributed by atoms with Crippen molar-refractivity contribution in [1.29, 1.82) is 5.26 Å². The van der Waals surface area contributed by atoms with Gasteiger partial charge in [-0.15, -0.1) is 0 Å². The Hall–Kier alpha value is -1.05. The van der Waals surface area contributed by atoms with E-state index in [0.717, 1.165) is 17.9 Å². The molecule has 0 aliphatic carbocycles. The number of nitriles is 1. The summed E-state index contributed by atoms with van der Waals surface area (Å²) in [5.74, 6) is 0. The minimum Gasteiger partial charge on any atom is -0.288 e. The fourth-order valence-corrected chi connectivity index (χ4v) is 1.65. The number of hydrogen-bond donors (Lipinski definition) is 0. The molecule has 4 nitrogen and oxygen atoms in total. The number of nitrogens with zero attached hydrogens (tertiary/aromatic N) is 4. The molecule has 82 valence electrons. The van der Waals surface area contributed by atoms with Gasteiger partial charge in [-0.1, -0.05) is 11.6 Å². The second-order valence-corrected chi connectivity index (χ2v) is 3.87. The number of rotatable bonds is 4. The molecule has 0 fully saturated rings. The van der Waals surface area contributed by atoms with Gasteiger partial charge in [-0.2, -0.15) is 10.4 Å². The van der Waals surface area contributed by atoms with Gasteiger partial charge in [0.25, 0.3) is 0 Å². The van der Waals surface area contributed by atoms with Crippen molar-refractivity contribution in [2.45, 2.75) is 26.9 Å². The predicted molar refractivity (Wildman–Crippen MR) is 59.6 cm³/mol. The van der Waals surface area contributed by atoms with Gasteiger partial charge < -0.3 is 0 Å². The molecule has 0 spiro atoms. The van der Waals surface area contributed by atoms with Crippen LogP contribution in [0.3, 0.4) is 0 Å². The minimum absolute atomic E-state index is 0.393. The van der Waals surface area contributed by atoms with Crippen LogP contribution >= 0.6 is 11.6 Å². The van der Waals surface area contributed by atoms with E-state index >= 15 is 0 Å². The molecule has 15 heavy (non-hydrogen) atoms. The molecule has 1 aromatic heterocycles. The molecule has 5 heteroatoms. The minimum atomic E-state index is 0.393. The van der Waals surface area contributed by atoms with Gasteiger partial charge in [-0.05, 0) is 20.9 Å². The maximum Gasteiger partial charge on any atom is 0.0866 e. The van der Waals surface area contributed by atoms with Crippen molar-refractivity contribution in [3.05, 3.63) is 16.4 Å². The van der Waals surface area contributed by atoms with E-state index in [0.29, 0.717) is 18.1 Å². The standard InChI is InChI=1S/C10H15ClN4/c1-4-15-9(7-14(3)6-5-12)10(11)8(2)13-15/h4,6-7H2,1-3H3. The molecular formula is C10H15ClN4. The Morgan fingerprint density at radius 2 is 2.27 bits per heavy atom. The van der Waals surface area contributed by atoms with Crippen LogP contribution in [0.25, 0.3) is 0 Å². The Kier molecular flexibility index (Phi) is 4.13. The SMILES string of the molecule is CCn1nc(C)c(Cl)c1CN(C)CC#N. The summed E-state index contributed by atoms with van der Waals surface area (Å²) >= 11 is 6.14. The molecule has 0 aliphatic heterocycles. The van der Waals surface area contributed by atoms with E-state index in [-0.39, 0.29) is 0 Å². The maximum absolute atomic E-state index is 8.57. The van der Waals surface area contributed by atoms with E-state index in [1.165, 1.54) is 0 Å². The van der Waals surface area contributed by atoms with Crippen molar-refractivity contribution in [1.82, 2.24) is 14.7 Å². The Morgan fingerprint density at radius 3 is 2.80 bits per heavy atom. The van der Waals surface area contributed by atoms with E-state index in [1.54, 1.807) is 0 Å². The van der Waals surface area contributed by atoms with Gasteiger partial charge in [0, 0.05) is 13.1 Å². The number of aryl methyl sites for hydroxylation is 2. The molecule has 0 atom stereocenters. The van der Waals surface area contributed by atoms with E-state index in [1.807, 2.05) is 30.5 Å². The molecule has 0 bridgehead atoms. The molecule has 0 amide bonds. The summed E-state index contributed by atoms with van der Waals surface area (Å²) in [7, 11) is 1.89. The molecule has 0 unspecified atom stereocenters. The first-order valence-corrected chi connectivity index (χ1v) is 5.25. The number of halogens is 1. The molecule has 0 saturated carbocycles. The van der Waals surface area contributed by atoms with Crippen LogP contribution in [-0.2, 0) is 13.1 Å². The molecule has 0 aliphatic rings. The molecule has 1 aromatic rings. The van der Waals surface area contributed by atoms with Gasteiger partial charge in [0.2, 0.25) is 0 Å². The van der Waals surface area contributed by atoms with Crippen molar-refractivity contribution in [3.8, 4) is 6.07 Å². The molecule has 0 radical (unpaired) electrons. The lowest BCUT2D eigenvalue weighted by atomic mass is 10.3. The largest absolute Gasteiger partial charge is 0.288 e. The van der Waals surface area contributed by atoms with Gasteiger partial charge in [0.05, 0.1) is 29.0 Å². The topological polar surface area (TPSA) is 44.9 Å². The normalized spacial score (nSPS) is 10.7. The maximum atomic E-state index is 8.57. The average Bonchev–Trinajstić information content (AvgIpc) is 2.46. The third-order valence-electron chi connectivity index (χ3n) is 2.21. The van der Waals surface area contributed by atoms with Crippen LogP contribution in [0.15, 0.2) is 0 Å². The first-order valence-electron chi connectivity index (χ1n) is 4.87. The van der Waals surface area contributed by atoms with Crippen LogP contribution in [0.1, 0.15) is 18.3 Å². The van der Waals surface area contributed by atoms with Crippen molar-refractivity contribution in [2.24, 2.45) is 0 Å². The highest BCUT2D eigenvalue weighted by molar-refractivity contribution is 6.31. The van der Waals surface area contributed by atoms with Crippen LogP contribution in [-0.4, -0.2) is 28.3 Å². The van der Waals surface area contributed by atoms with Crippen molar-refractivity contribution in [2.75, 3.05) is 13.6 Å². The van der Waals surface area contributed by atoms with Crippen molar-refractivity contribution < 1.29 is 0 Å². The first-order chi connectivity index (χ1) is 7.10. The monoisotopic (exact) mass is 226 g/mol. The van der Waals surface area contributed by atoms with Crippen LogP contribution < -0.4 is 0 Å². The van der Waals surface area contributed by atoms with Gasteiger partial charge in [0.15, 0.2) is 0 Å². The van der Waals surface area contributed by atoms with Gasteiger partial charge in [-0.3, -0.25) is 9.58 Å². The van der Waals surface area contributed by atoms with E-state index in [4.69, 9.17) is 16.9 Å². The van der Waals surface area contributed by atoms with Crippen LogP contribution in [0, 0.1) is 18.3 Å². The second-order valence-electron chi connectivity index (χ2n) is 3.49. The summed E-state index contributed by atoms with van der Waals surface area (Å²) in [4.78, 5) is 1.91. The quantitative estimate of drug-likeness (QED) is 0.736. The van der Waals surface area contributed by atoms with E-state index < -0.39 is 0 Å². The molecule has 1 rings (SSSR count). The van der Waals surface area contributed by atoms with Crippen LogP contribution in [0.4, 0.5) is 0 Å². The number of aromatic nitrogens is 2. The highest BCUT2D eigenvalue weighted by Crippen LogP contribution is 2.21. The predicted octanol–water partition coefficient (Wildman–Crippen LogP) is 1.82. The fourth-order valence-electron chi connectivity index (χ4n) is 1.45. The summed E-state index contributed by atoms with van der Waals surface area (Å²) in [6.07, 6.45) is 0. The lowest BCUT2D eigenvalue weighted by molar-refractivity contribution is 0.352.